The molecule has 0 aliphatic rings. The first-order valence-corrected chi connectivity index (χ1v) is 11.6. The Kier molecular flexibility index (Phi) is 7.18. The topological polar surface area (TPSA) is 56.7 Å². The van der Waals surface area contributed by atoms with Crippen LogP contribution in [0.25, 0.3) is 0 Å². The Morgan fingerprint density at radius 3 is 2.13 bits per heavy atom. The van der Waals surface area contributed by atoms with Crippen LogP contribution in [0.1, 0.15) is 34.1 Å². The van der Waals surface area contributed by atoms with Gasteiger partial charge in [0.2, 0.25) is 0 Å². The van der Waals surface area contributed by atoms with Crippen LogP contribution in [-0.4, -0.2) is 14.8 Å². The summed E-state index contributed by atoms with van der Waals surface area (Å²) >= 11 is 1.72. The van der Waals surface area contributed by atoms with Gasteiger partial charge in [-0.25, -0.2) is 0 Å². The minimum atomic E-state index is -0.195. The molecule has 2 N–H and O–H groups in total. The summed E-state index contributed by atoms with van der Waals surface area (Å²) in [4.78, 5) is 0. The highest BCUT2D eigenvalue weighted by Gasteiger charge is 2.19. The van der Waals surface area contributed by atoms with E-state index in [0.29, 0.717) is 0 Å². The average molecular weight is 429 g/mol. The average Bonchev–Trinajstić information content (AvgIpc) is 3.21. The molecule has 1 atom stereocenters. The lowest BCUT2D eigenvalue weighted by molar-refractivity contribution is 0.554. The molecule has 31 heavy (non-hydrogen) atoms. The molecule has 4 nitrogen and oxygen atoms in total. The van der Waals surface area contributed by atoms with Crippen LogP contribution in [0.5, 0.6) is 0 Å². The van der Waals surface area contributed by atoms with Gasteiger partial charge < -0.3 is 10.3 Å². The van der Waals surface area contributed by atoms with E-state index in [1.807, 2.05) is 24.3 Å². The zero-order valence-electron chi connectivity index (χ0n) is 17.8. The van der Waals surface area contributed by atoms with Gasteiger partial charge in [-0.05, 0) is 36.5 Å². The van der Waals surface area contributed by atoms with Crippen LogP contribution in [0.2, 0.25) is 0 Å². The van der Waals surface area contributed by atoms with Gasteiger partial charge in [0.05, 0.1) is 6.04 Å². The van der Waals surface area contributed by atoms with Gasteiger partial charge in [-0.3, -0.25) is 0 Å². The maximum absolute atomic E-state index is 6.60. The van der Waals surface area contributed by atoms with Gasteiger partial charge in [-0.1, -0.05) is 102 Å². The third-order valence-electron chi connectivity index (χ3n) is 5.33. The number of hydrogen-bond acceptors (Lipinski definition) is 4. The predicted molar refractivity (Wildman–Crippen MR) is 128 cm³/mol. The Hall–Kier alpha value is -2.89. The van der Waals surface area contributed by atoms with E-state index < -0.39 is 0 Å². The number of hydrogen-bond donors (Lipinski definition) is 1. The first-order valence-electron chi connectivity index (χ1n) is 10.6. The normalized spacial score (nSPS) is 12.1. The molecule has 0 aliphatic heterocycles. The molecule has 0 saturated carbocycles. The van der Waals surface area contributed by atoms with Crippen molar-refractivity contribution in [1.29, 1.82) is 0 Å². The first-order chi connectivity index (χ1) is 15.2. The van der Waals surface area contributed by atoms with E-state index in [0.717, 1.165) is 36.1 Å². The monoisotopic (exact) mass is 428 g/mol. The molecular weight excluding hydrogens is 400 g/mol. The van der Waals surface area contributed by atoms with Crippen LogP contribution in [-0.2, 0) is 25.1 Å². The predicted octanol–water partition coefficient (Wildman–Crippen LogP) is 5.36. The van der Waals surface area contributed by atoms with E-state index in [2.05, 4.69) is 82.4 Å². The molecule has 1 aromatic heterocycles. The molecule has 0 aliphatic carbocycles. The van der Waals surface area contributed by atoms with Crippen LogP contribution in [0.3, 0.4) is 0 Å². The Bertz CT molecular complexity index is 1080. The molecular formula is C26H28N4S. The van der Waals surface area contributed by atoms with Crippen LogP contribution in [0, 0.1) is 6.92 Å². The summed E-state index contributed by atoms with van der Waals surface area (Å²) in [5, 5.41) is 9.96. The van der Waals surface area contributed by atoms with Crippen molar-refractivity contribution in [3.8, 4) is 0 Å². The van der Waals surface area contributed by atoms with Crippen LogP contribution in [0.4, 0.5) is 0 Å². The molecule has 158 valence electrons. The third-order valence-corrected chi connectivity index (χ3v) is 6.37. The highest BCUT2D eigenvalue weighted by atomic mass is 32.2. The zero-order chi connectivity index (χ0) is 21.5. The van der Waals surface area contributed by atoms with Crippen molar-refractivity contribution in [3.05, 3.63) is 113 Å². The first kappa shape index (κ1) is 21.3. The standard InChI is InChI=1S/C26H28N4S/c1-20-12-14-23(15-13-20)19-31-26-29-28-25(24(27)18-22-10-6-3-7-11-22)30(26)17-16-21-8-4-2-5-9-21/h2-15,24H,16-19,27H2,1H3/t24-/m0/s1. The number of rotatable bonds is 9. The molecule has 0 saturated heterocycles. The van der Waals surface area contributed by atoms with Crippen molar-refractivity contribution in [2.45, 2.75) is 43.3 Å². The summed E-state index contributed by atoms with van der Waals surface area (Å²) in [6.45, 7) is 2.92. The molecule has 0 radical (unpaired) electrons. The van der Waals surface area contributed by atoms with Crippen molar-refractivity contribution in [2.24, 2.45) is 5.73 Å². The Balaban J connectivity index is 1.53. The fourth-order valence-electron chi connectivity index (χ4n) is 3.57. The smallest absolute Gasteiger partial charge is 0.191 e. The summed E-state index contributed by atoms with van der Waals surface area (Å²) in [5.74, 6) is 1.71. The fraction of sp³-hybridized carbons (Fsp3) is 0.231. The maximum atomic E-state index is 6.60. The molecule has 0 amide bonds. The highest BCUT2D eigenvalue weighted by Crippen LogP contribution is 2.25. The van der Waals surface area contributed by atoms with Gasteiger partial charge in [-0.15, -0.1) is 10.2 Å². The van der Waals surface area contributed by atoms with E-state index in [4.69, 9.17) is 5.73 Å². The molecule has 0 fully saturated rings. The quantitative estimate of drug-likeness (QED) is 0.364. The summed E-state index contributed by atoms with van der Waals surface area (Å²) in [6, 6.07) is 29.3. The van der Waals surface area contributed by atoms with Crippen molar-refractivity contribution < 1.29 is 0 Å². The molecule has 4 rings (SSSR count). The van der Waals surface area contributed by atoms with Crippen molar-refractivity contribution in [1.82, 2.24) is 14.8 Å². The van der Waals surface area contributed by atoms with Gasteiger partial charge >= 0.3 is 0 Å². The van der Waals surface area contributed by atoms with Gasteiger partial charge in [-0.2, -0.15) is 0 Å². The summed E-state index contributed by atoms with van der Waals surface area (Å²) in [7, 11) is 0. The molecule has 3 aromatic carbocycles. The number of thioether (sulfide) groups is 1. The van der Waals surface area contributed by atoms with E-state index >= 15 is 0 Å². The van der Waals surface area contributed by atoms with Crippen LogP contribution in [0.15, 0.2) is 90.1 Å². The molecule has 0 spiro atoms. The SMILES string of the molecule is Cc1ccc(CSc2nnc([C@@H](N)Cc3ccccc3)n2CCc2ccccc2)cc1. The number of nitrogens with zero attached hydrogens (tertiary/aromatic N) is 3. The minimum Gasteiger partial charge on any atom is -0.321 e. The minimum absolute atomic E-state index is 0.195. The second-order valence-corrected chi connectivity index (χ2v) is 8.74. The third kappa shape index (κ3) is 5.84. The maximum Gasteiger partial charge on any atom is 0.191 e. The zero-order valence-corrected chi connectivity index (χ0v) is 18.6. The molecule has 1 heterocycles. The lowest BCUT2D eigenvalue weighted by Gasteiger charge is -2.15. The Morgan fingerprint density at radius 1 is 0.806 bits per heavy atom. The number of aryl methyl sites for hydroxylation is 2. The van der Waals surface area contributed by atoms with E-state index in [9.17, 15) is 0 Å². The van der Waals surface area contributed by atoms with Crippen molar-refractivity contribution in [3.63, 3.8) is 0 Å². The molecule has 4 aromatic rings. The lowest BCUT2D eigenvalue weighted by Crippen LogP contribution is -2.20. The second-order valence-electron chi connectivity index (χ2n) is 7.80. The Morgan fingerprint density at radius 2 is 1.45 bits per heavy atom. The largest absolute Gasteiger partial charge is 0.321 e. The van der Waals surface area contributed by atoms with Crippen molar-refractivity contribution >= 4 is 11.8 Å². The van der Waals surface area contributed by atoms with E-state index in [1.54, 1.807) is 11.8 Å². The van der Waals surface area contributed by atoms with Gasteiger partial charge in [0, 0.05) is 12.3 Å². The van der Waals surface area contributed by atoms with Crippen molar-refractivity contribution in [2.75, 3.05) is 0 Å². The fourth-order valence-corrected chi connectivity index (χ4v) is 4.50. The summed E-state index contributed by atoms with van der Waals surface area (Å²) in [5.41, 5.74) is 11.7. The van der Waals surface area contributed by atoms with Crippen LogP contribution >= 0.6 is 11.8 Å². The van der Waals surface area contributed by atoms with Gasteiger partial charge in [0.15, 0.2) is 11.0 Å². The lowest BCUT2D eigenvalue weighted by atomic mass is 10.1. The van der Waals surface area contributed by atoms with Gasteiger partial charge in [0.25, 0.3) is 0 Å². The highest BCUT2D eigenvalue weighted by molar-refractivity contribution is 7.98. The van der Waals surface area contributed by atoms with Crippen LogP contribution < -0.4 is 5.73 Å². The van der Waals surface area contributed by atoms with Gasteiger partial charge in [0.1, 0.15) is 0 Å². The number of nitrogens with two attached hydrogens (primary N) is 1. The molecule has 0 unspecified atom stereocenters. The molecule has 0 bridgehead atoms. The van der Waals surface area contributed by atoms with E-state index in [-0.39, 0.29) is 6.04 Å². The summed E-state index contributed by atoms with van der Waals surface area (Å²) < 4.78 is 2.21. The number of benzene rings is 3. The molecule has 5 heteroatoms. The second kappa shape index (κ2) is 10.4. The van der Waals surface area contributed by atoms with E-state index in [1.165, 1.54) is 22.3 Å². The summed E-state index contributed by atoms with van der Waals surface area (Å²) in [6.07, 6.45) is 1.66. The number of aromatic nitrogens is 3. The Labute approximate surface area is 188 Å².